The van der Waals surface area contributed by atoms with E-state index >= 15 is 0 Å². The summed E-state index contributed by atoms with van der Waals surface area (Å²) in [5.41, 5.74) is 3.44. The van der Waals surface area contributed by atoms with Crippen LogP contribution in [0.2, 0.25) is 0 Å². The average Bonchev–Trinajstić information content (AvgIpc) is 2.47. The molecule has 0 aliphatic carbocycles. The fraction of sp³-hybridized carbons (Fsp3) is 0.526. The summed E-state index contributed by atoms with van der Waals surface area (Å²) in [6.45, 7) is 15.2. The van der Waals surface area contributed by atoms with Gasteiger partial charge in [0.1, 0.15) is 12.1 Å². The molecule has 0 bridgehead atoms. The molecule has 0 atom stereocenters. The number of aryl methyl sites for hydroxylation is 1. The zero-order valence-corrected chi connectivity index (χ0v) is 15.2. The van der Waals surface area contributed by atoms with Crippen molar-refractivity contribution < 1.29 is 9.73 Å². The number of hydrogen-bond acceptors (Lipinski definition) is 3. The largest absolute Gasteiger partial charge is 0.422 e. The Morgan fingerprint density at radius 3 is 2.39 bits per heavy atom. The molecule has 1 aromatic carbocycles. The second-order valence-electron chi connectivity index (χ2n) is 7.12. The van der Waals surface area contributed by atoms with Crippen LogP contribution in [-0.2, 0) is 6.54 Å². The Morgan fingerprint density at radius 2 is 1.83 bits per heavy atom. The summed E-state index contributed by atoms with van der Waals surface area (Å²) in [6, 6.07) is 6.16. The summed E-state index contributed by atoms with van der Waals surface area (Å²) < 4.78 is 5.62. The van der Waals surface area contributed by atoms with E-state index in [1.165, 1.54) is 0 Å². The van der Waals surface area contributed by atoms with Crippen LogP contribution < -0.4 is 15.8 Å². The van der Waals surface area contributed by atoms with Crippen LogP contribution >= 0.6 is 0 Å². The maximum atomic E-state index is 12.4. The summed E-state index contributed by atoms with van der Waals surface area (Å²) in [7, 11) is 0. The lowest BCUT2D eigenvalue weighted by molar-refractivity contribution is -0.731. The molecular weight excluding hydrogens is 288 g/mol. The summed E-state index contributed by atoms with van der Waals surface area (Å²) >= 11 is 0. The number of nitrogens with zero attached hydrogens (tertiary/aromatic N) is 1. The lowest BCUT2D eigenvalue weighted by Crippen LogP contribution is -2.93. The van der Waals surface area contributed by atoms with Gasteiger partial charge in [0.15, 0.2) is 0 Å². The van der Waals surface area contributed by atoms with Crippen LogP contribution in [0.5, 0.6) is 0 Å². The predicted octanol–water partition coefficient (Wildman–Crippen LogP) is 2.81. The Bertz CT molecular complexity index is 737. The second-order valence-corrected chi connectivity index (χ2v) is 7.12. The third-order valence-corrected chi connectivity index (χ3v) is 4.32. The van der Waals surface area contributed by atoms with Gasteiger partial charge in [-0.25, -0.2) is 4.79 Å². The minimum Gasteiger partial charge on any atom is -0.422 e. The van der Waals surface area contributed by atoms with E-state index < -0.39 is 0 Å². The van der Waals surface area contributed by atoms with Crippen LogP contribution in [0.1, 0.15) is 45.7 Å². The maximum absolute atomic E-state index is 12.4. The Labute approximate surface area is 138 Å². The van der Waals surface area contributed by atoms with E-state index in [9.17, 15) is 4.79 Å². The quantitative estimate of drug-likeness (QED) is 0.863. The van der Waals surface area contributed by atoms with Gasteiger partial charge in [-0.2, -0.15) is 0 Å². The topological polar surface area (TPSA) is 50.1 Å². The number of rotatable bonds is 5. The van der Waals surface area contributed by atoms with E-state index in [2.05, 4.69) is 57.0 Å². The highest BCUT2D eigenvalue weighted by atomic mass is 16.4. The van der Waals surface area contributed by atoms with Gasteiger partial charge in [0.25, 0.3) is 0 Å². The maximum Gasteiger partial charge on any atom is 0.345 e. The van der Waals surface area contributed by atoms with Crippen molar-refractivity contribution >= 4 is 16.7 Å². The third-order valence-electron chi connectivity index (χ3n) is 4.32. The van der Waals surface area contributed by atoms with Crippen molar-refractivity contribution in [2.75, 3.05) is 18.0 Å². The fourth-order valence-electron chi connectivity index (χ4n) is 2.81. The van der Waals surface area contributed by atoms with Gasteiger partial charge in [-0.05, 0) is 59.2 Å². The molecular formula is C19H29N2O2+. The van der Waals surface area contributed by atoms with E-state index in [-0.39, 0.29) is 11.2 Å². The number of nitrogens with two attached hydrogens (primary N) is 1. The lowest BCUT2D eigenvalue weighted by Gasteiger charge is -2.21. The SMILES string of the molecule is CCN(CC)c1ccc2c(C)c(C[NH2+]C(C)(C)C)c(=O)oc2c1. The lowest BCUT2D eigenvalue weighted by atomic mass is 10.0. The molecule has 0 aliphatic heterocycles. The molecule has 4 heteroatoms. The standard InChI is InChI=1S/C19H28N2O2/c1-7-21(8-2)14-9-10-15-13(3)16(12-20-19(4,5)6)18(22)23-17(15)11-14/h9-11,20H,7-8,12H2,1-6H3/p+1. The molecule has 2 N–H and O–H groups in total. The number of benzene rings is 1. The molecule has 4 nitrogen and oxygen atoms in total. The normalized spacial score (nSPS) is 11.9. The zero-order chi connectivity index (χ0) is 17.2. The van der Waals surface area contributed by atoms with E-state index in [4.69, 9.17) is 4.42 Å². The van der Waals surface area contributed by atoms with Crippen molar-refractivity contribution in [3.8, 4) is 0 Å². The summed E-state index contributed by atoms with van der Waals surface area (Å²) in [5.74, 6) is 0. The summed E-state index contributed by atoms with van der Waals surface area (Å²) in [4.78, 5) is 14.6. The smallest absolute Gasteiger partial charge is 0.345 e. The minimum atomic E-state index is -0.216. The first kappa shape index (κ1) is 17.5. The van der Waals surface area contributed by atoms with Crippen molar-refractivity contribution in [3.63, 3.8) is 0 Å². The molecule has 0 radical (unpaired) electrons. The van der Waals surface area contributed by atoms with Gasteiger partial charge < -0.3 is 14.6 Å². The van der Waals surface area contributed by atoms with Gasteiger partial charge in [0.05, 0.1) is 11.1 Å². The van der Waals surface area contributed by atoms with Crippen molar-refractivity contribution in [2.45, 2.75) is 53.6 Å². The van der Waals surface area contributed by atoms with Gasteiger partial charge in [-0.15, -0.1) is 0 Å². The van der Waals surface area contributed by atoms with Gasteiger partial charge >= 0.3 is 5.63 Å². The van der Waals surface area contributed by atoms with Crippen molar-refractivity contribution in [2.24, 2.45) is 0 Å². The predicted molar refractivity (Wildman–Crippen MR) is 96.2 cm³/mol. The van der Waals surface area contributed by atoms with Crippen molar-refractivity contribution in [1.82, 2.24) is 0 Å². The molecule has 2 rings (SSSR count). The van der Waals surface area contributed by atoms with Crippen molar-refractivity contribution in [1.29, 1.82) is 0 Å². The molecule has 0 aliphatic rings. The Morgan fingerprint density at radius 1 is 1.17 bits per heavy atom. The van der Waals surface area contributed by atoms with Crippen LogP contribution in [0.15, 0.2) is 27.4 Å². The fourth-order valence-corrected chi connectivity index (χ4v) is 2.81. The first-order valence-corrected chi connectivity index (χ1v) is 8.42. The molecule has 0 unspecified atom stereocenters. The number of anilines is 1. The molecule has 126 valence electrons. The monoisotopic (exact) mass is 317 g/mol. The third kappa shape index (κ3) is 3.94. The van der Waals surface area contributed by atoms with Crippen LogP contribution in [0, 0.1) is 6.92 Å². The van der Waals surface area contributed by atoms with Gasteiger partial charge in [0.2, 0.25) is 0 Å². The first-order chi connectivity index (χ1) is 10.8. The van der Waals surface area contributed by atoms with Gasteiger partial charge in [-0.1, -0.05) is 0 Å². The van der Waals surface area contributed by atoms with Crippen LogP contribution in [0.3, 0.4) is 0 Å². The van der Waals surface area contributed by atoms with E-state index in [0.29, 0.717) is 12.1 Å². The summed E-state index contributed by atoms with van der Waals surface area (Å²) in [5, 5.41) is 3.19. The summed E-state index contributed by atoms with van der Waals surface area (Å²) in [6.07, 6.45) is 0. The molecule has 1 heterocycles. The zero-order valence-electron chi connectivity index (χ0n) is 15.2. The molecule has 2 aromatic rings. The van der Waals surface area contributed by atoms with E-state index in [1.54, 1.807) is 0 Å². The number of quaternary nitrogens is 1. The average molecular weight is 317 g/mol. The van der Waals surface area contributed by atoms with E-state index in [1.807, 2.05) is 13.0 Å². The number of fused-ring (bicyclic) bond motifs is 1. The molecule has 0 saturated heterocycles. The molecule has 0 amide bonds. The van der Waals surface area contributed by atoms with E-state index in [0.717, 1.165) is 35.3 Å². The van der Waals surface area contributed by atoms with Gasteiger partial charge in [0, 0.05) is 30.2 Å². The van der Waals surface area contributed by atoms with Crippen LogP contribution in [-0.4, -0.2) is 18.6 Å². The molecule has 0 saturated carbocycles. The Kier molecular flexibility index (Phi) is 5.15. The van der Waals surface area contributed by atoms with Gasteiger partial charge in [-0.3, -0.25) is 0 Å². The molecule has 1 aromatic heterocycles. The minimum absolute atomic E-state index is 0.0838. The highest BCUT2D eigenvalue weighted by Gasteiger charge is 2.18. The highest BCUT2D eigenvalue weighted by molar-refractivity contribution is 5.84. The Hall–Kier alpha value is -1.81. The molecule has 23 heavy (non-hydrogen) atoms. The molecule has 0 fully saturated rings. The second kappa shape index (κ2) is 6.75. The van der Waals surface area contributed by atoms with Crippen molar-refractivity contribution in [3.05, 3.63) is 39.7 Å². The first-order valence-electron chi connectivity index (χ1n) is 8.42. The van der Waals surface area contributed by atoms with Crippen LogP contribution in [0.4, 0.5) is 5.69 Å². The van der Waals surface area contributed by atoms with Crippen LogP contribution in [0.25, 0.3) is 11.0 Å². The Balaban J connectivity index is 2.47. The number of hydrogen-bond donors (Lipinski definition) is 1. The highest BCUT2D eigenvalue weighted by Crippen LogP contribution is 2.24. The molecule has 0 spiro atoms.